The molecule has 0 N–H and O–H groups in total. The maximum atomic E-state index is 11.9. The number of nitriles is 1. The molecule has 0 aliphatic carbocycles. The first-order valence-electron chi connectivity index (χ1n) is 5.25. The fourth-order valence-corrected chi connectivity index (χ4v) is 2.93. The van der Waals surface area contributed by atoms with E-state index in [0.717, 1.165) is 5.56 Å². The summed E-state index contributed by atoms with van der Waals surface area (Å²) < 4.78 is 11.9. The van der Waals surface area contributed by atoms with Crippen molar-refractivity contribution in [2.75, 3.05) is 5.75 Å². The Morgan fingerprint density at radius 3 is 2.71 bits per heavy atom. The fourth-order valence-electron chi connectivity index (χ4n) is 1.39. The van der Waals surface area contributed by atoms with Gasteiger partial charge in [0.1, 0.15) is 0 Å². The van der Waals surface area contributed by atoms with Crippen LogP contribution in [-0.4, -0.2) is 9.96 Å². The molecule has 17 heavy (non-hydrogen) atoms. The summed E-state index contributed by atoms with van der Waals surface area (Å²) in [5.74, 6) is 0.537. The highest BCUT2D eigenvalue weighted by molar-refractivity contribution is 7.85. The second kappa shape index (κ2) is 7.00. The molecule has 0 heterocycles. The predicted octanol–water partition coefficient (Wildman–Crippen LogP) is 4.11. The van der Waals surface area contributed by atoms with Crippen LogP contribution in [0, 0.1) is 11.3 Å². The Bertz CT molecular complexity index is 456. The zero-order valence-electron chi connectivity index (χ0n) is 9.45. The Morgan fingerprint density at radius 2 is 2.12 bits per heavy atom. The van der Waals surface area contributed by atoms with E-state index in [1.54, 1.807) is 12.1 Å². The van der Waals surface area contributed by atoms with Gasteiger partial charge in [-0.25, -0.2) is 0 Å². The number of halogens is 2. The number of hydrogen-bond acceptors (Lipinski definition) is 2. The van der Waals surface area contributed by atoms with Crippen molar-refractivity contribution in [1.29, 1.82) is 5.26 Å². The van der Waals surface area contributed by atoms with Crippen LogP contribution in [0.25, 0.3) is 0 Å². The zero-order chi connectivity index (χ0) is 12.8. The average molecular weight is 290 g/mol. The predicted molar refractivity (Wildman–Crippen MR) is 72.7 cm³/mol. The summed E-state index contributed by atoms with van der Waals surface area (Å²) in [6.45, 7) is 1.89. The molecular formula is C12H13Cl2NOS. The molecule has 92 valence electrons. The molecule has 0 aliphatic heterocycles. The lowest BCUT2D eigenvalue weighted by molar-refractivity contribution is 0.673. The Labute approximate surface area is 114 Å². The summed E-state index contributed by atoms with van der Waals surface area (Å²) in [4.78, 5) is 0. The van der Waals surface area contributed by atoms with Crippen LogP contribution >= 0.6 is 23.2 Å². The van der Waals surface area contributed by atoms with Crippen LogP contribution in [0.4, 0.5) is 0 Å². The van der Waals surface area contributed by atoms with Gasteiger partial charge in [0.05, 0.1) is 21.4 Å². The van der Waals surface area contributed by atoms with Gasteiger partial charge in [-0.2, -0.15) is 5.26 Å². The Kier molecular flexibility index (Phi) is 5.97. The van der Waals surface area contributed by atoms with Gasteiger partial charge in [-0.05, 0) is 31.0 Å². The van der Waals surface area contributed by atoms with Crippen LogP contribution in [0.3, 0.4) is 0 Å². The highest BCUT2D eigenvalue weighted by Gasteiger charge is 2.14. The Balaban J connectivity index is 2.68. The standard InChI is InChI=1S/C12H13Cl2NOS/c1-9(17(16)7-3-2-6-15)10-4-5-11(13)12(14)8-10/h4-5,8-9H,2-3,7H2,1H3. The van der Waals surface area contributed by atoms with Gasteiger partial charge in [-0.3, -0.25) is 4.21 Å². The van der Waals surface area contributed by atoms with E-state index < -0.39 is 10.8 Å². The first kappa shape index (κ1) is 14.5. The van der Waals surface area contributed by atoms with E-state index in [1.165, 1.54) is 0 Å². The molecule has 1 aromatic rings. The summed E-state index contributed by atoms with van der Waals surface area (Å²) in [7, 11) is -0.985. The third kappa shape index (κ3) is 4.31. The SMILES string of the molecule is CC(c1ccc(Cl)c(Cl)c1)S(=O)CCCC#N. The minimum Gasteiger partial charge on any atom is -0.259 e. The van der Waals surface area contributed by atoms with E-state index >= 15 is 0 Å². The van der Waals surface area contributed by atoms with E-state index in [-0.39, 0.29) is 5.25 Å². The van der Waals surface area contributed by atoms with Crippen molar-refractivity contribution < 1.29 is 4.21 Å². The smallest absolute Gasteiger partial charge is 0.0622 e. The van der Waals surface area contributed by atoms with Crippen LogP contribution in [-0.2, 0) is 10.8 Å². The van der Waals surface area contributed by atoms with Gasteiger partial charge in [-0.1, -0.05) is 29.3 Å². The first-order chi connectivity index (χ1) is 8.06. The lowest BCUT2D eigenvalue weighted by Crippen LogP contribution is -2.06. The number of nitrogens with zero attached hydrogens (tertiary/aromatic N) is 1. The lowest BCUT2D eigenvalue weighted by Gasteiger charge is -2.12. The second-order valence-corrected chi connectivity index (χ2v) is 6.35. The molecule has 0 saturated heterocycles. The summed E-state index contributed by atoms with van der Waals surface area (Å²) in [6.07, 6.45) is 1.11. The number of benzene rings is 1. The normalized spacial score (nSPS) is 14.0. The van der Waals surface area contributed by atoms with Crippen molar-refractivity contribution in [3.63, 3.8) is 0 Å². The van der Waals surface area contributed by atoms with Gasteiger partial charge >= 0.3 is 0 Å². The van der Waals surface area contributed by atoms with E-state index in [9.17, 15) is 4.21 Å². The summed E-state index contributed by atoms with van der Waals surface area (Å²) >= 11 is 11.7. The van der Waals surface area contributed by atoms with E-state index in [2.05, 4.69) is 0 Å². The number of rotatable bonds is 5. The van der Waals surface area contributed by atoms with Crippen LogP contribution in [0.15, 0.2) is 18.2 Å². The lowest BCUT2D eigenvalue weighted by atomic mass is 10.2. The fraction of sp³-hybridized carbons (Fsp3) is 0.417. The minimum atomic E-state index is -0.985. The Hall–Kier alpha value is -0.560. The van der Waals surface area contributed by atoms with E-state index in [4.69, 9.17) is 28.5 Å². The largest absolute Gasteiger partial charge is 0.259 e. The summed E-state index contributed by atoms with van der Waals surface area (Å²) in [5, 5.41) is 9.30. The van der Waals surface area contributed by atoms with Crippen LogP contribution in [0.1, 0.15) is 30.6 Å². The highest BCUT2D eigenvalue weighted by Crippen LogP contribution is 2.28. The molecule has 0 fully saturated rings. The molecule has 0 saturated carbocycles. The van der Waals surface area contributed by atoms with Crippen molar-refractivity contribution in [2.24, 2.45) is 0 Å². The molecule has 2 nitrogen and oxygen atoms in total. The van der Waals surface area contributed by atoms with Crippen LogP contribution < -0.4 is 0 Å². The molecule has 1 aromatic carbocycles. The first-order valence-corrected chi connectivity index (χ1v) is 7.39. The molecule has 0 bridgehead atoms. The topological polar surface area (TPSA) is 40.9 Å². The number of hydrogen-bond donors (Lipinski definition) is 0. The van der Waals surface area contributed by atoms with E-state index in [0.29, 0.717) is 28.6 Å². The van der Waals surface area contributed by atoms with Gasteiger partial charge in [0.2, 0.25) is 0 Å². The van der Waals surface area contributed by atoms with E-state index in [1.807, 2.05) is 19.1 Å². The minimum absolute atomic E-state index is 0.0940. The third-order valence-electron chi connectivity index (χ3n) is 2.44. The third-order valence-corrected chi connectivity index (χ3v) is 4.93. The van der Waals surface area contributed by atoms with Crippen molar-refractivity contribution in [2.45, 2.75) is 25.0 Å². The van der Waals surface area contributed by atoms with Crippen molar-refractivity contribution in [1.82, 2.24) is 0 Å². The van der Waals surface area contributed by atoms with Gasteiger partial charge in [0, 0.05) is 23.0 Å². The van der Waals surface area contributed by atoms with Crippen molar-refractivity contribution in [3.05, 3.63) is 33.8 Å². The number of unbranched alkanes of at least 4 members (excludes halogenated alkanes) is 1. The van der Waals surface area contributed by atoms with Crippen molar-refractivity contribution >= 4 is 34.0 Å². The Morgan fingerprint density at radius 1 is 1.41 bits per heavy atom. The molecule has 2 unspecified atom stereocenters. The molecule has 0 aliphatic rings. The highest BCUT2D eigenvalue weighted by atomic mass is 35.5. The summed E-state index contributed by atoms with van der Waals surface area (Å²) in [5.41, 5.74) is 0.912. The molecule has 0 radical (unpaired) electrons. The molecule has 0 spiro atoms. The second-order valence-electron chi connectivity index (χ2n) is 3.66. The van der Waals surface area contributed by atoms with Crippen LogP contribution in [0.5, 0.6) is 0 Å². The molecular weight excluding hydrogens is 277 g/mol. The molecule has 0 amide bonds. The summed E-state index contributed by atoms with van der Waals surface area (Å²) in [6, 6.07) is 7.34. The molecule has 0 aromatic heterocycles. The monoisotopic (exact) mass is 289 g/mol. The maximum absolute atomic E-state index is 11.9. The molecule has 5 heteroatoms. The van der Waals surface area contributed by atoms with Crippen molar-refractivity contribution in [3.8, 4) is 6.07 Å². The molecule has 1 rings (SSSR count). The van der Waals surface area contributed by atoms with Gasteiger partial charge < -0.3 is 0 Å². The molecule has 2 atom stereocenters. The average Bonchev–Trinajstić information content (AvgIpc) is 2.32. The van der Waals surface area contributed by atoms with Gasteiger partial charge in [0.25, 0.3) is 0 Å². The van der Waals surface area contributed by atoms with Gasteiger partial charge in [0.15, 0.2) is 0 Å². The van der Waals surface area contributed by atoms with Gasteiger partial charge in [-0.15, -0.1) is 0 Å². The zero-order valence-corrected chi connectivity index (χ0v) is 11.8. The maximum Gasteiger partial charge on any atom is 0.0622 e. The quantitative estimate of drug-likeness (QED) is 0.766. The van der Waals surface area contributed by atoms with Crippen LogP contribution in [0.2, 0.25) is 10.0 Å².